The van der Waals surface area contributed by atoms with Crippen LogP contribution >= 0.6 is 11.6 Å². The van der Waals surface area contributed by atoms with Crippen LogP contribution in [0.4, 0.5) is 14.9 Å². The molecule has 0 saturated carbocycles. The Morgan fingerprint density at radius 1 is 1.53 bits per heavy atom. The van der Waals surface area contributed by atoms with E-state index in [1.54, 1.807) is 0 Å². The molecule has 0 fully saturated rings. The van der Waals surface area contributed by atoms with Crippen molar-refractivity contribution in [2.24, 2.45) is 5.92 Å². The van der Waals surface area contributed by atoms with Gasteiger partial charge in [0.2, 0.25) is 0 Å². The van der Waals surface area contributed by atoms with Crippen LogP contribution in [0.1, 0.15) is 6.92 Å². The zero-order valence-corrected chi connectivity index (χ0v) is 11.2. The molecule has 0 heterocycles. The van der Waals surface area contributed by atoms with Crippen LogP contribution in [0.2, 0.25) is 5.02 Å². The second-order valence-corrected chi connectivity index (χ2v) is 4.61. The van der Waals surface area contributed by atoms with Crippen molar-refractivity contribution in [3.63, 3.8) is 0 Å². The maximum Gasteiger partial charge on any atom is 0.321 e. The highest BCUT2D eigenvalue weighted by molar-refractivity contribution is 6.30. The van der Waals surface area contributed by atoms with Gasteiger partial charge in [-0.3, -0.25) is 4.79 Å². The standard InChI is InChI=1S/C12H14ClFN2O3/c1-7(11(17)18)6-16(2)12(19)15-10-5-8(13)3-4-9(10)14/h3-5,7H,6H2,1-2H3,(H,15,19)(H,17,18). The number of anilines is 1. The van der Waals surface area contributed by atoms with E-state index in [9.17, 15) is 14.0 Å². The quantitative estimate of drug-likeness (QED) is 0.895. The molecule has 2 amide bonds. The van der Waals surface area contributed by atoms with Gasteiger partial charge in [0.1, 0.15) is 5.82 Å². The number of nitrogens with one attached hydrogen (secondary N) is 1. The van der Waals surface area contributed by atoms with Gasteiger partial charge in [-0.2, -0.15) is 0 Å². The number of carbonyl (C=O) groups excluding carboxylic acids is 1. The second kappa shape index (κ2) is 6.38. The molecule has 104 valence electrons. The molecule has 0 aromatic heterocycles. The van der Waals surface area contributed by atoms with Crippen molar-refractivity contribution in [2.45, 2.75) is 6.92 Å². The van der Waals surface area contributed by atoms with E-state index in [0.717, 1.165) is 6.07 Å². The first-order valence-electron chi connectivity index (χ1n) is 5.51. The summed E-state index contributed by atoms with van der Waals surface area (Å²) in [6.45, 7) is 1.50. The van der Waals surface area contributed by atoms with Crippen LogP contribution in [-0.2, 0) is 4.79 Å². The number of aliphatic carboxylic acids is 1. The van der Waals surface area contributed by atoms with Gasteiger partial charge in [0, 0.05) is 18.6 Å². The van der Waals surface area contributed by atoms with Crippen molar-refractivity contribution in [1.29, 1.82) is 0 Å². The van der Waals surface area contributed by atoms with Gasteiger partial charge in [0.15, 0.2) is 0 Å². The van der Waals surface area contributed by atoms with Gasteiger partial charge in [0.05, 0.1) is 11.6 Å². The summed E-state index contributed by atoms with van der Waals surface area (Å²) in [5.41, 5.74) is -0.0488. The van der Waals surface area contributed by atoms with Crippen molar-refractivity contribution in [3.05, 3.63) is 29.0 Å². The summed E-state index contributed by atoms with van der Waals surface area (Å²) < 4.78 is 13.4. The highest BCUT2D eigenvalue weighted by Gasteiger charge is 2.18. The maximum atomic E-state index is 13.4. The maximum absolute atomic E-state index is 13.4. The Hall–Kier alpha value is -1.82. The normalized spacial score (nSPS) is 11.8. The predicted octanol–water partition coefficient (Wildman–Crippen LogP) is 2.66. The van der Waals surface area contributed by atoms with Crippen LogP contribution in [-0.4, -0.2) is 35.6 Å². The molecular formula is C12H14ClFN2O3. The van der Waals surface area contributed by atoms with Crippen LogP contribution in [0.3, 0.4) is 0 Å². The SMILES string of the molecule is CC(CN(C)C(=O)Nc1cc(Cl)ccc1F)C(=O)O. The van der Waals surface area contributed by atoms with Crippen LogP contribution < -0.4 is 5.32 Å². The van der Waals surface area contributed by atoms with E-state index in [0.29, 0.717) is 5.02 Å². The summed E-state index contributed by atoms with van der Waals surface area (Å²) in [5, 5.41) is 11.4. The summed E-state index contributed by atoms with van der Waals surface area (Å²) >= 11 is 5.70. The minimum Gasteiger partial charge on any atom is -0.481 e. The van der Waals surface area contributed by atoms with Crippen molar-refractivity contribution < 1.29 is 19.1 Å². The van der Waals surface area contributed by atoms with Gasteiger partial charge in [-0.05, 0) is 18.2 Å². The Morgan fingerprint density at radius 3 is 2.74 bits per heavy atom. The molecule has 1 rings (SSSR count). The van der Waals surface area contributed by atoms with E-state index < -0.39 is 23.7 Å². The first-order valence-corrected chi connectivity index (χ1v) is 5.89. The molecule has 0 radical (unpaired) electrons. The molecule has 5 nitrogen and oxygen atoms in total. The Bertz CT molecular complexity index is 496. The molecule has 1 atom stereocenters. The van der Waals surface area contributed by atoms with Crippen molar-refractivity contribution >= 4 is 29.3 Å². The Morgan fingerprint density at radius 2 is 2.16 bits per heavy atom. The largest absolute Gasteiger partial charge is 0.481 e. The van der Waals surface area contributed by atoms with E-state index in [2.05, 4.69) is 5.32 Å². The lowest BCUT2D eigenvalue weighted by Gasteiger charge is -2.20. The number of amides is 2. The van der Waals surface area contributed by atoms with Gasteiger partial charge in [-0.1, -0.05) is 18.5 Å². The first kappa shape index (κ1) is 15.2. The van der Waals surface area contributed by atoms with Crippen LogP contribution in [0, 0.1) is 11.7 Å². The minimum absolute atomic E-state index is 0.0172. The minimum atomic E-state index is -1.01. The van der Waals surface area contributed by atoms with Gasteiger partial charge < -0.3 is 15.3 Å². The number of urea groups is 1. The van der Waals surface area contributed by atoms with Crippen LogP contribution in [0.5, 0.6) is 0 Å². The molecular weight excluding hydrogens is 275 g/mol. The highest BCUT2D eigenvalue weighted by atomic mass is 35.5. The van der Waals surface area contributed by atoms with Crippen LogP contribution in [0.15, 0.2) is 18.2 Å². The Labute approximate surface area is 115 Å². The van der Waals surface area contributed by atoms with Crippen LogP contribution in [0.25, 0.3) is 0 Å². The number of carboxylic acids is 1. The molecule has 19 heavy (non-hydrogen) atoms. The zero-order chi connectivity index (χ0) is 14.6. The van der Waals surface area contributed by atoms with Gasteiger partial charge >= 0.3 is 12.0 Å². The highest BCUT2D eigenvalue weighted by Crippen LogP contribution is 2.19. The molecule has 0 bridgehead atoms. The number of nitrogens with zero attached hydrogens (tertiary/aromatic N) is 1. The van der Waals surface area contributed by atoms with Gasteiger partial charge in [0.25, 0.3) is 0 Å². The number of carbonyl (C=O) groups is 2. The number of carboxylic acid groups (broad SMARTS) is 1. The fourth-order valence-corrected chi connectivity index (χ4v) is 1.55. The third-order valence-electron chi connectivity index (χ3n) is 2.49. The number of hydrogen-bond acceptors (Lipinski definition) is 2. The fraction of sp³-hybridized carbons (Fsp3) is 0.333. The first-order chi connectivity index (χ1) is 8.81. The summed E-state index contributed by atoms with van der Waals surface area (Å²) in [6, 6.07) is 3.18. The summed E-state index contributed by atoms with van der Waals surface area (Å²) in [7, 11) is 1.43. The monoisotopic (exact) mass is 288 g/mol. The summed E-state index contributed by atoms with van der Waals surface area (Å²) in [6.07, 6.45) is 0. The molecule has 7 heteroatoms. The molecule has 0 spiro atoms. The number of halogens is 2. The molecule has 2 N–H and O–H groups in total. The Kier molecular flexibility index (Phi) is 5.11. The second-order valence-electron chi connectivity index (χ2n) is 4.17. The summed E-state index contributed by atoms with van der Waals surface area (Å²) in [5.74, 6) is -2.33. The van der Waals surface area contributed by atoms with E-state index >= 15 is 0 Å². The third kappa shape index (κ3) is 4.40. The average molecular weight is 289 g/mol. The zero-order valence-electron chi connectivity index (χ0n) is 10.5. The average Bonchev–Trinajstić information content (AvgIpc) is 2.33. The molecule has 0 saturated heterocycles. The van der Waals surface area contributed by atoms with E-state index in [1.807, 2.05) is 0 Å². The van der Waals surface area contributed by atoms with Crippen molar-refractivity contribution in [1.82, 2.24) is 4.90 Å². The molecule has 1 aromatic carbocycles. The molecule has 0 aliphatic heterocycles. The fourth-order valence-electron chi connectivity index (χ4n) is 1.38. The van der Waals surface area contributed by atoms with Gasteiger partial charge in [-0.15, -0.1) is 0 Å². The topological polar surface area (TPSA) is 69.6 Å². The van der Waals surface area contributed by atoms with E-state index in [1.165, 1.54) is 31.0 Å². The smallest absolute Gasteiger partial charge is 0.321 e. The molecule has 1 unspecified atom stereocenters. The molecule has 1 aromatic rings. The number of rotatable bonds is 4. The van der Waals surface area contributed by atoms with Gasteiger partial charge in [-0.25, -0.2) is 9.18 Å². The number of hydrogen-bond donors (Lipinski definition) is 2. The van der Waals surface area contributed by atoms with E-state index in [-0.39, 0.29) is 12.2 Å². The summed E-state index contributed by atoms with van der Waals surface area (Å²) in [4.78, 5) is 23.6. The third-order valence-corrected chi connectivity index (χ3v) is 2.72. The van der Waals surface area contributed by atoms with Crippen molar-refractivity contribution in [3.8, 4) is 0 Å². The lowest BCUT2D eigenvalue weighted by molar-refractivity contribution is -0.141. The lowest BCUT2D eigenvalue weighted by Crippen LogP contribution is -2.36. The van der Waals surface area contributed by atoms with E-state index in [4.69, 9.17) is 16.7 Å². The Balaban J connectivity index is 2.68. The number of benzene rings is 1. The molecule has 0 aliphatic carbocycles. The molecule has 0 aliphatic rings. The predicted molar refractivity (Wildman–Crippen MR) is 69.9 cm³/mol. The lowest BCUT2D eigenvalue weighted by atomic mass is 10.2. The van der Waals surface area contributed by atoms with Crippen molar-refractivity contribution in [2.75, 3.05) is 18.9 Å².